The van der Waals surface area contributed by atoms with Crippen LogP contribution in [0.1, 0.15) is 19.4 Å². The molecule has 0 aliphatic rings. The molecule has 0 heterocycles. The molecule has 0 radical (unpaired) electrons. The average molecular weight is 318 g/mol. The molecular weight excluding hydrogens is 297 g/mol. The van der Waals surface area contributed by atoms with Gasteiger partial charge >= 0.3 is 0 Å². The minimum absolute atomic E-state index is 0. The first kappa shape index (κ1) is 19.3. The lowest BCUT2D eigenvalue weighted by Gasteiger charge is -2.15. The van der Waals surface area contributed by atoms with Crippen molar-refractivity contribution in [2.24, 2.45) is 11.7 Å². The normalized spacial score (nSPS) is 11.5. The van der Waals surface area contributed by atoms with Crippen LogP contribution in [0.2, 0.25) is 0 Å². The van der Waals surface area contributed by atoms with Gasteiger partial charge in [-0.05, 0) is 30.5 Å². The van der Waals surface area contributed by atoms with Crippen LogP contribution >= 0.6 is 12.4 Å². The lowest BCUT2D eigenvalue weighted by molar-refractivity contribution is -0.125. The third kappa shape index (κ3) is 6.10. The first-order valence-electron chi connectivity index (χ1n) is 6.40. The van der Waals surface area contributed by atoms with Crippen LogP contribution in [0.15, 0.2) is 18.2 Å². The van der Waals surface area contributed by atoms with Gasteiger partial charge in [-0.2, -0.15) is 0 Å². The Morgan fingerprint density at radius 1 is 1.33 bits per heavy atom. The van der Waals surface area contributed by atoms with Gasteiger partial charge in [0.15, 0.2) is 0 Å². The number of rotatable bonds is 5. The molecule has 0 aliphatic carbocycles. The molecule has 1 aromatic rings. The molecule has 0 aliphatic heterocycles. The molecule has 7 heteroatoms. The van der Waals surface area contributed by atoms with Crippen LogP contribution in [0, 0.1) is 18.7 Å². The van der Waals surface area contributed by atoms with Gasteiger partial charge < -0.3 is 16.4 Å². The highest BCUT2D eigenvalue weighted by Gasteiger charge is 2.17. The van der Waals surface area contributed by atoms with E-state index in [0.29, 0.717) is 5.69 Å². The molecule has 4 N–H and O–H groups in total. The first-order chi connectivity index (χ1) is 9.31. The van der Waals surface area contributed by atoms with Gasteiger partial charge in [-0.25, -0.2) is 4.39 Å². The van der Waals surface area contributed by atoms with Gasteiger partial charge in [0.1, 0.15) is 5.82 Å². The van der Waals surface area contributed by atoms with Crippen LogP contribution in [0.5, 0.6) is 0 Å². The highest BCUT2D eigenvalue weighted by Crippen LogP contribution is 2.15. The van der Waals surface area contributed by atoms with Crippen molar-refractivity contribution in [3.63, 3.8) is 0 Å². The van der Waals surface area contributed by atoms with Crippen LogP contribution in [0.4, 0.5) is 10.1 Å². The molecule has 0 spiro atoms. The van der Waals surface area contributed by atoms with Crippen molar-refractivity contribution >= 4 is 29.9 Å². The summed E-state index contributed by atoms with van der Waals surface area (Å²) in [6.45, 7) is 5.19. The third-order valence-electron chi connectivity index (χ3n) is 2.92. The maximum Gasteiger partial charge on any atom is 0.243 e. The topological polar surface area (TPSA) is 84.2 Å². The second-order valence-electron chi connectivity index (χ2n) is 5.00. The number of carbonyl (C=O) groups is 2. The maximum absolute atomic E-state index is 13.1. The molecule has 0 unspecified atom stereocenters. The smallest absolute Gasteiger partial charge is 0.243 e. The van der Waals surface area contributed by atoms with Crippen molar-refractivity contribution in [2.75, 3.05) is 11.9 Å². The summed E-state index contributed by atoms with van der Waals surface area (Å²) in [4.78, 5) is 23.3. The van der Waals surface area contributed by atoms with E-state index < -0.39 is 17.8 Å². The summed E-state index contributed by atoms with van der Waals surface area (Å²) in [5, 5.41) is 4.99. The Labute approximate surface area is 129 Å². The quantitative estimate of drug-likeness (QED) is 0.771. The van der Waals surface area contributed by atoms with E-state index >= 15 is 0 Å². The number of anilines is 1. The van der Waals surface area contributed by atoms with Gasteiger partial charge in [0, 0.05) is 5.69 Å². The predicted octanol–water partition coefficient (Wildman–Crippen LogP) is 1.59. The highest BCUT2D eigenvalue weighted by atomic mass is 35.5. The first-order valence-corrected chi connectivity index (χ1v) is 6.40. The SMILES string of the molecule is Cc1ccc(F)cc1NC(=O)CNC(=O)[C@@H](N)C(C)C.Cl. The molecule has 0 aromatic heterocycles. The summed E-state index contributed by atoms with van der Waals surface area (Å²) in [5.74, 6) is -1.26. The molecule has 21 heavy (non-hydrogen) atoms. The van der Waals surface area contributed by atoms with E-state index in [2.05, 4.69) is 10.6 Å². The number of amides is 2. The molecule has 2 amide bonds. The van der Waals surface area contributed by atoms with Gasteiger partial charge in [0.05, 0.1) is 12.6 Å². The summed E-state index contributed by atoms with van der Waals surface area (Å²) in [6, 6.07) is 3.46. The fourth-order valence-corrected chi connectivity index (χ4v) is 1.51. The number of nitrogens with one attached hydrogen (secondary N) is 2. The molecule has 0 saturated carbocycles. The summed E-state index contributed by atoms with van der Waals surface area (Å²) in [6.07, 6.45) is 0. The summed E-state index contributed by atoms with van der Waals surface area (Å²) in [7, 11) is 0. The molecular formula is C14H21ClFN3O2. The van der Waals surface area contributed by atoms with E-state index in [1.807, 2.05) is 13.8 Å². The Morgan fingerprint density at radius 2 is 1.95 bits per heavy atom. The van der Waals surface area contributed by atoms with Gasteiger partial charge in [-0.15, -0.1) is 12.4 Å². The van der Waals surface area contributed by atoms with Gasteiger partial charge in [-0.1, -0.05) is 19.9 Å². The maximum atomic E-state index is 13.1. The molecule has 118 valence electrons. The number of benzene rings is 1. The largest absolute Gasteiger partial charge is 0.346 e. The molecule has 0 bridgehead atoms. The van der Waals surface area contributed by atoms with E-state index in [1.165, 1.54) is 12.1 Å². The molecule has 0 fully saturated rings. The van der Waals surface area contributed by atoms with Gasteiger partial charge in [0.25, 0.3) is 0 Å². The number of carbonyl (C=O) groups excluding carboxylic acids is 2. The van der Waals surface area contributed by atoms with E-state index in [4.69, 9.17) is 5.73 Å². The van der Waals surface area contributed by atoms with Gasteiger partial charge in [-0.3, -0.25) is 9.59 Å². The van der Waals surface area contributed by atoms with Crippen molar-refractivity contribution in [1.82, 2.24) is 5.32 Å². The van der Waals surface area contributed by atoms with Crippen LogP contribution in [-0.2, 0) is 9.59 Å². The second-order valence-corrected chi connectivity index (χ2v) is 5.00. The lowest BCUT2D eigenvalue weighted by atomic mass is 10.1. The van der Waals surface area contributed by atoms with Crippen molar-refractivity contribution in [3.8, 4) is 0 Å². The third-order valence-corrected chi connectivity index (χ3v) is 2.92. The average Bonchev–Trinajstić information content (AvgIpc) is 2.39. The zero-order valence-electron chi connectivity index (χ0n) is 12.3. The zero-order chi connectivity index (χ0) is 15.3. The van der Waals surface area contributed by atoms with Crippen LogP contribution in [-0.4, -0.2) is 24.4 Å². The highest BCUT2D eigenvalue weighted by molar-refractivity contribution is 5.95. The van der Waals surface area contributed by atoms with E-state index in [1.54, 1.807) is 13.0 Å². The van der Waals surface area contributed by atoms with Gasteiger partial charge in [0.2, 0.25) is 11.8 Å². The van der Waals surface area contributed by atoms with E-state index in [0.717, 1.165) is 5.56 Å². The minimum atomic E-state index is -0.654. The lowest BCUT2D eigenvalue weighted by Crippen LogP contribution is -2.46. The van der Waals surface area contributed by atoms with E-state index in [9.17, 15) is 14.0 Å². The molecule has 0 saturated heterocycles. The monoisotopic (exact) mass is 317 g/mol. The number of aryl methyl sites for hydroxylation is 1. The summed E-state index contributed by atoms with van der Waals surface area (Å²) >= 11 is 0. The Bertz CT molecular complexity index is 509. The molecule has 1 aromatic carbocycles. The zero-order valence-corrected chi connectivity index (χ0v) is 13.1. The second kappa shape index (κ2) is 8.59. The summed E-state index contributed by atoms with van der Waals surface area (Å²) in [5.41, 5.74) is 6.78. The van der Waals surface area contributed by atoms with Crippen molar-refractivity contribution in [1.29, 1.82) is 0 Å². The van der Waals surface area contributed by atoms with E-state index in [-0.39, 0.29) is 30.8 Å². The van der Waals surface area contributed by atoms with Crippen LogP contribution in [0.25, 0.3) is 0 Å². The Morgan fingerprint density at radius 3 is 2.52 bits per heavy atom. The molecule has 5 nitrogen and oxygen atoms in total. The Balaban J connectivity index is 0.00000400. The summed E-state index contributed by atoms with van der Waals surface area (Å²) < 4.78 is 13.1. The van der Waals surface area contributed by atoms with Crippen molar-refractivity contribution in [2.45, 2.75) is 26.8 Å². The Kier molecular flexibility index (Phi) is 7.91. The standard InChI is InChI=1S/C14H20FN3O2.ClH/c1-8(2)13(16)14(20)17-7-12(19)18-11-6-10(15)5-4-9(11)3;/h4-6,8,13H,7,16H2,1-3H3,(H,17,20)(H,18,19);1H/t13-;/m0./s1. The molecule has 1 rings (SSSR count). The number of nitrogens with two attached hydrogens (primary N) is 1. The van der Waals surface area contributed by atoms with Crippen molar-refractivity contribution in [3.05, 3.63) is 29.6 Å². The fourth-order valence-electron chi connectivity index (χ4n) is 1.51. The van der Waals surface area contributed by atoms with Crippen LogP contribution in [0.3, 0.4) is 0 Å². The predicted molar refractivity (Wildman–Crippen MR) is 82.8 cm³/mol. The van der Waals surface area contributed by atoms with Crippen molar-refractivity contribution < 1.29 is 14.0 Å². The Hall–Kier alpha value is -1.66. The molecule has 1 atom stereocenters. The van der Waals surface area contributed by atoms with Crippen LogP contribution < -0.4 is 16.4 Å². The number of hydrogen-bond donors (Lipinski definition) is 3. The fraction of sp³-hybridized carbons (Fsp3) is 0.429. The number of halogens is 2. The number of hydrogen-bond acceptors (Lipinski definition) is 3. The minimum Gasteiger partial charge on any atom is -0.346 e.